The molecule has 4 aromatic rings. The SMILES string of the molecule is COc1ccccc1-[n+]1cc(-c2ccc(C(=O)c3ccccc3)cc2)n2c1CCCCC2.[Br-]. The molecule has 0 saturated carbocycles. The fraction of sp³-hybridized carbons (Fsp3) is 0.214. The van der Waals surface area contributed by atoms with Crippen molar-refractivity contribution < 1.29 is 31.1 Å². The zero-order chi connectivity index (χ0) is 21.9. The molecule has 5 heteroatoms. The summed E-state index contributed by atoms with van der Waals surface area (Å²) in [5.41, 5.74) is 4.77. The van der Waals surface area contributed by atoms with Gasteiger partial charge in [-0.05, 0) is 43.5 Å². The third-order valence-corrected chi connectivity index (χ3v) is 6.24. The summed E-state index contributed by atoms with van der Waals surface area (Å²) in [6.07, 6.45) is 6.83. The van der Waals surface area contributed by atoms with Gasteiger partial charge in [0.25, 0.3) is 5.82 Å². The van der Waals surface area contributed by atoms with Gasteiger partial charge in [0.1, 0.15) is 6.20 Å². The first-order valence-electron chi connectivity index (χ1n) is 11.2. The van der Waals surface area contributed by atoms with Crippen LogP contribution in [0.3, 0.4) is 0 Å². The average molecular weight is 503 g/mol. The Balaban J connectivity index is 0.00000259. The zero-order valence-electron chi connectivity index (χ0n) is 18.7. The van der Waals surface area contributed by atoms with E-state index >= 15 is 0 Å². The van der Waals surface area contributed by atoms with Crippen molar-refractivity contribution in [3.05, 3.63) is 102 Å². The molecule has 0 N–H and O–H groups in total. The Bertz CT molecular complexity index is 1250. The molecule has 5 rings (SSSR count). The molecule has 1 aromatic heterocycles. The number of methoxy groups -OCH3 is 1. The minimum atomic E-state index is 0. The van der Waals surface area contributed by atoms with Crippen LogP contribution in [0.15, 0.2) is 85.1 Å². The summed E-state index contributed by atoms with van der Waals surface area (Å²) in [5.74, 6) is 2.21. The Labute approximate surface area is 205 Å². The van der Waals surface area contributed by atoms with Gasteiger partial charge in [0.05, 0.1) is 13.7 Å². The van der Waals surface area contributed by atoms with Crippen LogP contribution in [-0.2, 0) is 13.0 Å². The Hall–Kier alpha value is -3.18. The van der Waals surface area contributed by atoms with Gasteiger partial charge >= 0.3 is 0 Å². The molecule has 3 aromatic carbocycles. The lowest BCUT2D eigenvalue weighted by atomic mass is 10.0. The molecule has 0 fully saturated rings. The van der Waals surface area contributed by atoms with Crippen molar-refractivity contribution >= 4 is 5.78 Å². The fourth-order valence-corrected chi connectivity index (χ4v) is 4.59. The highest BCUT2D eigenvalue weighted by Crippen LogP contribution is 2.27. The molecule has 1 aliphatic rings. The Kier molecular flexibility index (Phi) is 7.09. The normalized spacial score (nSPS) is 12.9. The predicted octanol–water partition coefficient (Wildman–Crippen LogP) is 2.40. The molecule has 0 spiro atoms. The van der Waals surface area contributed by atoms with E-state index in [1.165, 1.54) is 30.8 Å². The number of hydrogen-bond donors (Lipinski definition) is 0. The van der Waals surface area contributed by atoms with E-state index in [1.54, 1.807) is 7.11 Å². The lowest BCUT2D eigenvalue weighted by Crippen LogP contribution is -3.00. The van der Waals surface area contributed by atoms with Crippen LogP contribution < -0.4 is 26.3 Å². The Morgan fingerprint density at radius 3 is 2.30 bits per heavy atom. The van der Waals surface area contributed by atoms with Crippen LogP contribution in [0.4, 0.5) is 0 Å². The lowest BCUT2D eigenvalue weighted by Gasteiger charge is -2.06. The smallest absolute Gasteiger partial charge is 0.262 e. The van der Waals surface area contributed by atoms with Crippen LogP contribution in [0.1, 0.15) is 41.0 Å². The number of aromatic nitrogens is 2. The molecule has 0 bridgehead atoms. The number of ether oxygens (including phenoxy) is 1. The predicted molar refractivity (Wildman–Crippen MR) is 125 cm³/mol. The molecular weight excluding hydrogens is 476 g/mol. The van der Waals surface area contributed by atoms with Crippen LogP contribution in [0.5, 0.6) is 5.75 Å². The number of carbonyl (C=O) groups is 1. The second kappa shape index (κ2) is 10.2. The van der Waals surface area contributed by atoms with E-state index < -0.39 is 0 Å². The van der Waals surface area contributed by atoms with Crippen molar-refractivity contribution in [3.63, 3.8) is 0 Å². The van der Waals surface area contributed by atoms with Gasteiger partial charge < -0.3 is 21.7 Å². The van der Waals surface area contributed by atoms with E-state index in [0.717, 1.165) is 30.0 Å². The van der Waals surface area contributed by atoms with Gasteiger partial charge in [-0.2, -0.15) is 4.57 Å². The minimum Gasteiger partial charge on any atom is -1.00 e. The molecule has 0 atom stereocenters. The van der Waals surface area contributed by atoms with Gasteiger partial charge in [-0.3, -0.25) is 4.79 Å². The van der Waals surface area contributed by atoms with Gasteiger partial charge in [0.15, 0.2) is 22.9 Å². The molecule has 0 amide bonds. The summed E-state index contributed by atoms with van der Waals surface area (Å²) in [4.78, 5) is 12.8. The molecule has 1 aliphatic heterocycles. The van der Waals surface area contributed by atoms with E-state index in [9.17, 15) is 4.79 Å². The first kappa shape index (κ1) is 23.0. The molecule has 168 valence electrons. The van der Waals surface area contributed by atoms with Crippen LogP contribution in [-0.4, -0.2) is 17.5 Å². The highest BCUT2D eigenvalue weighted by molar-refractivity contribution is 6.09. The van der Waals surface area contributed by atoms with Crippen molar-refractivity contribution in [2.45, 2.75) is 32.2 Å². The van der Waals surface area contributed by atoms with Crippen LogP contribution in [0, 0.1) is 0 Å². The largest absolute Gasteiger partial charge is 1.00 e. The zero-order valence-corrected chi connectivity index (χ0v) is 20.3. The average Bonchev–Trinajstić information content (AvgIpc) is 3.04. The molecule has 0 saturated heterocycles. The molecule has 33 heavy (non-hydrogen) atoms. The number of fused-ring (bicyclic) bond motifs is 1. The van der Waals surface area contributed by atoms with Crippen molar-refractivity contribution in [3.8, 4) is 22.7 Å². The number of benzene rings is 3. The summed E-state index contributed by atoms with van der Waals surface area (Å²) in [6, 6.07) is 25.6. The maximum absolute atomic E-state index is 12.8. The summed E-state index contributed by atoms with van der Waals surface area (Å²) in [7, 11) is 1.72. The van der Waals surface area contributed by atoms with E-state index in [2.05, 4.69) is 39.6 Å². The lowest BCUT2D eigenvalue weighted by molar-refractivity contribution is -0.604. The van der Waals surface area contributed by atoms with Gasteiger partial charge in [-0.1, -0.05) is 54.6 Å². The van der Waals surface area contributed by atoms with Crippen LogP contribution in [0.25, 0.3) is 16.9 Å². The maximum atomic E-state index is 12.8. The number of halogens is 1. The Morgan fingerprint density at radius 2 is 1.55 bits per heavy atom. The van der Waals surface area contributed by atoms with Crippen molar-refractivity contribution in [2.24, 2.45) is 0 Å². The van der Waals surface area contributed by atoms with Crippen molar-refractivity contribution in [1.29, 1.82) is 0 Å². The number of carbonyl (C=O) groups excluding carboxylic acids is 1. The van der Waals surface area contributed by atoms with Crippen molar-refractivity contribution in [2.75, 3.05) is 7.11 Å². The standard InChI is InChI=1S/C28H27N2O2.BrH/c1-32-26-13-8-7-12-24(26)30-20-25(29-19-9-3-6-14-27(29)30)21-15-17-23(18-16-21)28(31)22-10-4-2-5-11-22;/h2,4-5,7-8,10-13,15-18,20H,3,6,9,14,19H2,1H3;1H/q+1;/p-1. The van der Waals surface area contributed by atoms with Gasteiger partial charge in [-0.25, -0.2) is 4.57 Å². The third-order valence-electron chi connectivity index (χ3n) is 6.24. The monoisotopic (exact) mass is 502 g/mol. The first-order valence-corrected chi connectivity index (χ1v) is 11.2. The second-order valence-electron chi connectivity index (χ2n) is 8.21. The molecule has 0 aliphatic carbocycles. The fourth-order valence-electron chi connectivity index (χ4n) is 4.59. The van der Waals surface area contributed by atoms with Gasteiger partial charge in [0, 0.05) is 23.1 Å². The highest BCUT2D eigenvalue weighted by atomic mass is 79.9. The second-order valence-corrected chi connectivity index (χ2v) is 8.21. The highest BCUT2D eigenvalue weighted by Gasteiger charge is 2.28. The molecule has 2 heterocycles. The summed E-state index contributed by atoms with van der Waals surface area (Å²) in [5, 5.41) is 0. The third kappa shape index (κ3) is 4.51. The molecule has 0 unspecified atom stereocenters. The summed E-state index contributed by atoms with van der Waals surface area (Å²) >= 11 is 0. The molecular formula is C28H27BrN2O2. The molecule has 4 nitrogen and oxygen atoms in total. The van der Waals surface area contributed by atoms with Gasteiger partial charge in [-0.15, -0.1) is 0 Å². The van der Waals surface area contributed by atoms with Crippen LogP contribution in [0.2, 0.25) is 0 Å². The van der Waals surface area contributed by atoms with E-state index in [0.29, 0.717) is 11.1 Å². The summed E-state index contributed by atoms with van der Waals surface area (Å²) < 4.78 is 10.4. The number of rotatable bonds is 5. The Morgan fingerprint density at radius 1 is 0.848 bits per heavy atom. The van der Waals surface area contributed by atoms with Gasteiger partial charge in [0.2, 0.25) is 0 Å². The molecule has 0 radical (unpaired) electrons. The number of hydrogen-bond acceptors (Lipinski definition) is 2. The topological polar surface area (TPSA) is 35.1 Å². The number of imidazole rings is 1. The maximum Gasteiger partial charge on any atom is 0.262 e. The quantitative estimate of drug-likeness (QED) is 0.310. The van der Waals surface area contributed by atoms with Crippen molar-refractivity contribution in [1.82, 2.24) is 4.57 Å². The number of para-hydroxylation sites is 2. The van der Waals surface area contributed by atoms with E-state index in [4.69, 9.17) is 4.74 Å². The summed E-state index contributed by atoms with van der Waals surface area (Å²) in [6.45, 7) is 0.998. The number of ketones is 1. The minimum absolute atomic E-state index is 0. The van der Waals surface area contributed by atoms with Crippen LogP contribution >= 0.6 is 0 Å². The van der Waals surface area contributed by atoms with E-state index in [1.807, 2.05) is 54.6 Å². The number of nitrogens with zero attached hydrogens (tertiary/aromatic N) is 2. The van der Waals surface area contributed by atoms with E-state index in [-0.39, 0.29) is 22.8 Å². The first-order chi connectivity index (χ1) is 15.8.